The molecular weight excluding hydrogens is 561 g/mol. The van der Waals surface area contributed by atoms with Gasteiger partial charge in [-0.05, 0) is 120 Å². The molecule has 4 aromatic carbocycles. The van der Waals surface area contributed by atoms with Crippen molar-refractivity contribution in [2.24, 2.45) is 0 Å². The molecule has 0 saturated heterocycles. The Labute approximate surface area is 257 Å². The van der Waals surface area contributed by atoms with Gasteiger partial charge in [-0.2, -0.15) is 0 Å². The smallest absolute Gasteiger partial charge is 0.255 e. The molecule has 0 aliphatic rings. The first-order valence-electron chi connectivity index (χ1n) is 13.7. The lowest BCUT2D eigenvalue weighted by Gasteiger charge is -2.19. The number of benzene rings is 4. The predicted molar refractivity (Wildman–Crippen MR) is 181 cm³/mol. The van der Waals surface area contributed by atoms with Gasteiger partial charge >= 0.3 is 0 Å². The molecule has 0 atom stereocenters. The topological polar surface area (TPSA) is 64.7 Å². The molecule has 0 heterocycles. The highest BCUT2D eigenvalue weighted by molar-refractivity contribution is 8.76. The summed E-state index contributed by atoms with van der Waals surface area (Å²) in [5.41, 5.74) is 8.96. The molecule has 6 nitrogen and oxygen atoms in total. The number of carbonyl (C=O) groups is 2. The van der Waals surface area contributed by atoms with E-state index >= 15 is 0 Å². The van der Waals surface area contributed by atoms with Gasteiger partial charge in [-0.3, -0.25) is 9.59 Å². The number of nitrogens with zero attached hydrogens (tertiary/aromatic N) is 2. The van der Waals surface area contributed by atoms with Crippen molar-refractivity contribution in [2.45, 2.75) is 37.5 Å². The molecule has 0 fully saturated rings. The lowest BCUT2D eigenvalue weighted by Crippen LogP contribution is -2.15. The van der Waals surface area contributed by atoms with Crippen LogP contribution in [0.1, 0.15) is 43.0 Å². The molecule has 2 amide bonds. The molecule has 4 rings (SSSR count). The fourth-order valence-electron chi connectivity index (χ4n) is 4.37. The molecule has 0 aromatic heterocycles. The molecule has 0 bridgehead atoms. The van der Waals surface area contributed by atoms with Crippen LogP contribution in [0.15, 0.2) is 82.6 Å². The van der Waals surface area contributed by atoms with Crippen molar-refractivity contribution in [3.63, 3.8) is 0 Å². The van der Waals surface area contributed by atoms with Crippen LogP contribution in [-0.4, -0.2) is 40.0 Å². The second-order valence-corrected chi connectivity index (χ2v) is 12.9. The van der Waals surface area contributed by atoms with Crippen LogP contribution in [0.4, 0.5) is 22.7 Å². The van der Waals surface area contributed by atoms with Crippen molar-refractivity contribution >= 4 is 56.2 Å². The highest BCUT2D eigenvalue weighted by atomic mass is 33.1. The molecule has 0 spiro atoms. The first-order valence-corrected chi connectivity index (χ1v) is 15.8. The summed E-state index contributed by atoms with van der Waals surface area (Å²) in [5.74, 6) is -0.304. The summed E-state index contributed by atoms with van der Waals surface area (Å²) in [6, 6.07) is 23.3. The van der Waals surface area contributed by atoms with Gasteiger partial charge < -0.3 is 20.4 Å². The van der Waals surface area contributed by atoms with E-state index in [-0.39, 0.29) is 11.8 Å². The average molecular weight is 599 g/mol. The third kappa shape index (κ3) is 7.12. The Kier molecular flexibility index (Phi) is 9.91. The second kappa shape index (κ2) is 13.4. The highest BCUT2D eigenvalue weighted by Crippen LogP contribution is 2.48. The molecule has 218 valence electrons. The van der Waals surface area contributed by atoms with Crippen LogP contribution < -0.4 is 20.4 Å². The summed E-state index contributed by atoms with van der Waals surface area (Å²) in [6.07, 6.45) is 0. The Morgan fingerprint density at radius 2 is 0.810 bits per heavy atom. The molecule has 0 aliphatic carbocycles. The highest BCUT2D eigenvalue weighted by Gasteiger charge is 2.19. The van der Waals surface area contributed by atoms with E-state index in [1.807, 2.05) is 126 Å². The maximum absolute atomic E-state index is 13.3. The lowest BCUT2D eigenvalue weighted by molar-refractivity contribution is 0.101. The summed E-state index contributed by atoms with van der Waals surface area (Å²) in [6.45, 7) is 8.11. The van der Waals surface area contributed by atoms with Gasteiger partial charge in [0, 0.05) is 60.5 Å². The van der Waals surface area contributed by atoms with E-state index in [4.69, 9.17) is 0 Å². The number of carbonyl (C=O) groups excluding carboxylic acids is 2. The molecule has 0 aliphatic heterocycles. The van der Waals surface area contributed by atoms with E-state index in [0.29, 0.717) is 11.1 Å². The van der Waals surface area contributed by atoms with Crippen molar-refractivity contribution in [3.05, 3.63) is 106 Å². The van der Waals surface area contributed by atoms with Gasteiger partial charge in [0.1, 0.15) is 0 Å². The first kappa shape index (κ1) is 31.1. The number of rotatable bonds is 9. The van der Waals surface area contributed by atoms with Gasteiger partial charge in [-0.15, -0.1) is 0 Å². The van der Waals surface area contributed by atoms with Gasteiger partial charge in [0.05, 0.1) is 11.4 Å². The normalized spacial score (nSPS) is 10.8. The lowest BCUT2D eigenvalue weighted by atomic mass is 10.1. The summed E-state index contributed by atoms with van der Waals surface area (Å²) in [5, 5.41) is 6.34. The molecule has 2 N–H and O–H groups in total. The van der Waals surface area contributed by atoms with E-state index in [2.05, 4.69) is 22.8 Å². The summed E-state index contributed by atoms with van der Waals surface area (Å²) in [7, 11) is 11.1. The van der Waals surface area contributed by atoms with Crippen molar-refractivity contribution in [3.8, 4) is 0 Å². The van der Waals surface area contributed by atoms with Crippen LogP contribution in [0.2, 0.25) is 0 Å². The molecule has 42 heavy (non-hydrogen) atoms. The zero-order chi connectivity index (χ0) is 30.6. The summed E-state index contributed by atoms with van der Waals surface area (Å²) < 4.78 is 0. The van der Waals surface area contributed by atoms with Gasteiger partial charge in [0.15, 0.2) is 0 Å². The fraction of sp³-hybridized carbons (Fsp3) is 0.235. The van der Waals surface area contributed by atoms with Gasteiger partial charge in [-0.1, -0.05) is 24.3 Å². The van der Waals surface area contributed by atoms with Crippen LogP contribution in [-0.2, 0) is 0 Å². The Morgan fingerprint density at radius 1 is 0.500 bits per heavy atom. The van der Waals surface area contributed by atoms with Crippen LogP contribution in [0.3, 0.4) is 0 Å². The number of hydrogen-bond donors (Lipinski definition) is 2. The third-order valence-corrected chi connectivity index (χ3v) is 9.82. The van der Waals surface area contributed by atoms with Gasteiger partial charge in [0.2, 0.25) is 0 Å². The standard InChI is InChI=1S/C34H38N4O2S2/c1-21-9-11-23(3)31(29(21)35-33(39)25-13-17-27(18-14-25)37(5)6)41-42-32-24(4)12-10-22(2)30(32)36-34(40)26-15-19-28(20-16-26)38(7)8/h9-20H,1-8H3,(H,35,39)(H,36,40). The van der Waals surface area contributed by atoms with E-state index in [1.54, 1.807) is 21.6 Å². The molecule has 0 saturated carbocycles. The minimum atomic E-state index is -0.152. The van der Waals surface area contributed by atoms with Crippen molar-refractivity contribution in [1.82, 2.24) is 0 Å². The minimum Gasteiger partial charge on any atom is -0.378 e. The maximum Gasteiger partial charge on any atom is 0.255 e. The zero-order valence-corrected chi connectivity index (χ0v) is 27.1. The Morgan fingerprint density at radius 3 is 1.12 bits per heavy atom. The number of anilines is 4. The number of nitrogens with one attached hydrogen (secondary N) is 2. The SMILES string of the molecule is Cc1ccc(C)c(SSc2c(C)ccc(C)c2NC(=O)c2ccc(N(C)C)cc2)c1NC(=O)c1ccc(N(C)C)cc1. The molecule has 4 aromatic rings. The van der Waals surface area contributed by atoms with Crippen molar-refractivity contribution in [2.75, 3.05) is 48.6 Å². The monoisotopic (exact) mass is 598 g/mol. The Bertz CT molecular complexity index is 1480. The van der Waals surface area contributed by atoms with Crippen LogP contribution in [0.5, 0.6) is 0 Å². The molecular formula is C34H38N4O2S2. The fourth-order valence-corrected chi connectivity index (χ4v) is 7.32. The first-order chi connectivity index (χ1) is 20.0. The maximum atomic E-state index is 13.3. The van der Waals surface area contributed by atoms with Crippen LogP contribution in [0.25, 0.3) is 0 Å². The second-order valence-electron chi connectivity index (χ2n) is 10.8. The van der Waals surface area contributed by atoms with Crippen LogP contribution >= 0.6 is 21.6 Å². The van der Waals surface area contributed by atoms with Gasteiger partial charge in [-0.25, -0.2) is 0 Å². The average Bonchev–Trinajstić information content (AvgIpc) is 2.97. The predicted octanol–water partition coefficient (Wildman–Crippen LogP) is 8.36. The third-order valence-electron chi connectivity index (χ3n) is 7.10. The van der Waals surface area contributed by atoms with E-state index < -0.39 is 0 Å². The zero-order valence-electron chi connectivity index (χ0n) is 25.5. The molecule has 0 radical (unpaired) electrons. The quantitative estimate of drug-likeness (QED) is 0.189. The van der Waals surface area contributed by atoms with Crippen molar-refractivity contribution < 1.29 is 9.59 Å². The van der Waals surface area contributed by atoms with E-state index in [9.17, 15) is 9.59 Å². The Hall–Kier alpha value is -3.88. The van der Waals surface area contributed by atoms with E-state index in [0.717, 1.165) is 54.8 Å². The number of amides is 2. The van der Waals surface area contributed by atoms with Crippen molar-refractivity contribution in [1.29, 1.82) is 0 Å². The van der Waals surface area contributed by atoms with Crippen LogP contribution in [0, 0.1) is 27.7 Å². The van der Waals surface area contributed by atoms with E-state index in [1.165, 1.54) is 0 Å². The van der Waals surface area contributed by atoms with Gasteiger partial charge in [0.25, 0.3) is 11.8 Å². The summed E-state index contributed by atoms with van der Waals surface area (Å²) in [4.78, 5) is 32.5. The largest absolute Gasteiger partial charge is 0.378 e. The minimum absolute atomic E-state index is 0.152. The molecule has 0 unspecified atom stereocenters. The Balaban J connectivity index is 1.59. The number of hydrogen-bond acceptors (Lipinski definition) is 6. The number of aryl methyl sites for hydroxylation is 4. The summed E-state index contributed by atoms with van der Waals surface area (Å²) >= 11 is 0. The molecule has 8 heteroatoms.